The maximum Gasteiger partial charge on any atom is 0.191 e. The monoisotopic (exact) mass is 330 g/mol. The van der Waals surface area contributed by atoms with Gasteiger partial charge in [-0.2, -0.15) is 5.26 Å². The van der Waals surface area contributed by atoms with Crippen LogP contribution < -0.4 is 32.4 Å². The van der Waals surface area contributed by atoms with Crippen LogP contribution >= 0.6 is 0 Å². The molecule has 0 heterocycles. The SMILES string of the molecule is COc1ccc(N)cc1.COc1ccc(N=C(N)N)cc1.N#CN. The van der Waals surface area contributed by atoms with Gasteiger partial charge in [0.05, 0.1) is 19.9 Å². The number of nitrogen functional groups attached to an aromatic ring is 1. The lowest BCUT2D eigenvalue weighted by Gasteiger charge is -1.98. The predicted octanol–water partition coefficient (Wildman–Crippen LogP) is 1.30. The molecular formula is C16H22N6O2. The third-order valence-electron chi connectivity index (χ3n) is 2.45. The summed E-state index contributed by atoms with van der Waals surface area (Å²) >= 11 is 0. The van der Waals surface area contributed by atoms with Crippen molar-refractivity contribution in [3.8, 4) is 17.7 Å². The lowest BCUT2D eigenvalue weighted by molar-refractivity contribution is 0.415. The first kappa shape index (κ1) is 20.4. The summed E-state index contributed by atoms with van der Waals surface area (Å²) in [5.41, 5.74) is 21.4. The summed E-state index contributed by atoms with van der Waals surface area (Å²) in [6, 6.07) is 14.4. The van der Waals surface area contributed by atoms with Crippen LogP contribution in [0.2, 0.25) is 0 Å². The molecule has 0 aliphatic carbocycles. The van der Waals surface area contributed by atoms with Crippen molar-refractivity contribution in [3.63, 3.8) is 0 Å². The molecule has 2 rings (SSSR count). The van der Waals surface area contributed by atoms with Crippen LogP contribution in [0.4, 0.5) is 11.4 Å². The van der Waals surface area contributed by atoms with E-state index in [1.807, 2.05) is 12.1 Å². The average molecular weight is 330 g/mol. The Morgan fingerprint density at radius 3 is 1.62 bits per heavy atom. The number of anilines is 1. The fourth-order valence-electron chi connectivity index (χ4n) is 1.41. The molecule has 0 saturated heterocycles. The second-order valence-corrected chi connectivity index (χ2v) is 4.14. The number of ether oxygens (including phenoxy) is 2. The molecule has 0 radical (unpaired) electrons. The van der Waals surface area contributed by atoms with E-state index < -0.39 is 0 Å². The van der Waals surface area contributed by atoms with Crippen LogP contribution in [-0.4, -0.2) is 20.2 Å². The van der Waals surface area contributed by atoms with E-state index in [9.17, 15) is 0 Å². The number of benzene rings is 2. The predicted molar refractivity (Wildman–Crippen MR) is 95.7 cm³/mol. The number of hydrogen-bond donors (Lipinski definition) is 4. The topological polar surface area (TPSA) is 159 Å². The molecule has 8 nitrogen and oxygen atoms in total. The molecule has 0 aliphatic rings. The Bertz CT molecular complexity index is 644. The minimum Gasteiger partial charge on any atom is -0.497 e. The van der Waals surface area contributed by atoms with Crippen LogP contribution in [0.5, 0.6) is 11.5 Å². The quantitative estimate of drug-likeness (QED) is 0.217. The molecule has 0 fully saturated rings. The van der Waals surface area contributed by atoms with Crippen molar-refractivity contribution in [1.29, 1.82) is 5.26 Å². The first-order valence-corrected chi connectivity index (χ1v) is 6.69. The molecule has 0 atom stereocenters. The Morgan fingerprint density at radius 1 is 0.917 bits per heavy atom. The zero-order chi connectivity index (χ0) is 18.4. The molecule has 128 valence electrons. The molecule has 0 amide bonds. The van der Waals surface area contributed by atoms with E-state index in [1.165, 1.54) is 6.19 Å². The van der Waals surface area contributed by atoms with E-state index in [-0.39, 0.29) is 5.96 Å². The number of aliphatic imine (C=N–C) groups is 1. The van der Waals surface area contributed by atoms with E-state index in [4.69, 9.17) is 31.9 Å². The minimum absolute atomic E-state index is 0.0557. The summed E-state index contributed by atoms with van der Waals surface area (Å²) in [7, 11) is 3.24. The second kappa shape index (κ2) is 12.0. The van der Waals surface area contributed by atoms with Gasteiger partial charge in [0.1, 0.15) is 11.5 Å². The van der Waals surface area contributed by atoms with Gasteiger partial charge in [-0.3, -0.25) is 0 Å². The molecule has 0 unspecified atom stereocenters. The molecule has 0 saturated carbocycles. The largest absolute Gasteiger partial charge is 0.497 e. The van der Waals surface area contributed by atoms with Crippen molar-refractivity contribution >= 4 is 17.3 Å². The third kappa shape index (κ3) is 9.36. The van der Waals surface area contributed by atoms with Gasteiger partial charge in [0, 0.05) is 5.69 Å². The standard InChI is InChI=1S/C8H11N3O.C7H9NO.CH2N2/c1-12-7-4-2-6(3-5-7)11-8(9)10;1-9-7-4-2-6(8)3-5-7;2-1-3/h2-5H,1H3,(H4,9,10,11);2-5H,8H2,1H3;2H2. The fourth-order valence-corrected chi connectivity index (χ4v) is 1.41. The zero-order valence-electron chi connectivity index (χ0n) is 13.6. The van der Waals surface area contributed by atoms with E-state index >= 15 is 0 Å². The number of rotatable bonds is 3. The van der Waals surface area contributed by atoms with Crippen molar-refractivity contribution < 1.29 is 9.47 Å². The average Bonchev–Trinajstić information content (AvgIpc) is 2.57. The van der Waals surface area contributed by atoms with E-state index in [2.05, 4.69) is 10.7 Å². The van der Waals surface area contributed by atoms with E-state index in [0.717, 1.165) is 22.9 Å². The van der Waals surface area contributed by atoms with Gasteiger partial charge in [-0.15, -0.1) is 0 Å². The summed E-state index contributed by atoms with van der Waals surface area (Å²) in [5, 5.41) is 7.10. The minimum atomic E-state index is 0.0557. The number of nitrogens with zero attached hydrogens (tertiary/aromatic N) is 2. The molecule has 0 spiro atoms. The summed E-state index contributed by atoms with van der Waals surface area (Å²) in [6.45, 7) is 0. The van der Waals surface area contributed by atoms with Gasteiger partial charge in [-0.05, 0) is 48.5 Å². The van der Waals surface area contributed by atoms with Crippen LogP contribution in [0.25, 0.3) is 0 Å². The smallest absolute Gasteiger partial charge is 0.191 e. The van der Waals surface area contributed by atoms with Gasteiger partial charge in [-0.25, -0.2) is 4.99 Å². The Kier molecular flexibility index (Phi) is 10.2. The van der Waals surface area contributed by atoms with Crippen LogP contribution in [0.3, 0.4) is 0 Å². The van der Waals surface area contributed by atoms with E-state index in [0.29, 0.717) is 0 Å². The third-order valence-corrected chi connectivity index (χ3v) is 2.45. The summed E-state index contributed by atoms with van der Waals surface area (Å²) in [6.07, 6.45) is 1.25. The van der Waals surface area contributed by atoms with Crippen LogP contribution in [0.1, 0.15) is 0 Å². The lowest BCUT2D eigenvalue weighted by Crippen LogP contribution is -2.21. The number of nitriles is 1. The summed E-state index contributed by atoms with van der Waals surface area (Å²) in [4.78, 5) is 3.85. The Hall–Kier alpha value is -3.60. The van der Waals surface area contributed by atoms with Crippen LogP contribution in [-0.2, 0) is 0 Å². The normalized spacial score (nSPS) is 8.21. The highest BCUT2D eigenvalue weighted by atomic mass is 16.5. The molecule has 0 aromatic heterocycles. The number of guanidine groups is 1. The number of methoxy groups -OCH3 is 2. The molecule has 0 aliphatic heterocycles. The first-order valence-electron chi connectivity index (χ1n) is 6.69. The fraction of sp³-hybridized carbons (Fsp3) is 0.125. The van der Waals surface area contributed by atoms with E-state index in [1.54, 1.807) is 50.6 Å². The van der Waals surface area contributed by atoms with Crippen LogP contribution in [0, 0.1) is 11.5 Å². The number of hydrogen-bond acceptors (Lipinski definition) is 6. The van der Waals surface area contributed by atoms with Gasteiger partial charge in [-0.1, -0.05) is 0 Å². The molecule has 2 aromatic carbocycles. The van der Waals surface area contributed by atoms with Crippen LogP contribution in [0.15, 0.2) is 53.5 Å². The van der Waals surface area contributed by atoms with Crippen molar-refractivity contribution in [1.82, 2.24) is 0 Å². The lowest BCUT2D eigenvalue weighted by atomic mass is 10.3. The maximum absolute atomic E-state index is 7.10. The highest BCUT2D eigenvalue weighted by Crippen LogP contribution is 2.16. The maximum atomic E-state index is 7.10. The number of nitrogens with two attached hydrogens (primary N) is 4. The van der Waals surface area contributed by atoms with Crippen molar-refractivity contribution in [2.24, 2.45) is 22.2 Å². The van der Waals surface area contributed by atoms with Crippen molar-refractivity contribution in [2.45, 2.75) is 0 Å². The van der Waals surface area contributed by atoms with Crippen molar-refractivity contribution in [3.05, 3.63) is 48.5 Å². The Morgan fingerprint density at radius 2 is 1.29 bits per heavy atom. The Balaban J connectivity index is 0.000000390. The molecular weight excluding hydrogens is 308 g/mol. The van der Waals surface area contributed by atoms with Gasteiger partial charge in [0.2, 0.25) is 0 Å². The second-order valence-electron chi connectivity index (χ2n) is 4.14. The van der Waals surface area contributed by atoms with Gasteiger partial charge in [0.15, 0.2) is 12.2 Å². The van der Waals surface area contributed by atoms with Gasteiger partial charge in [0.25, 0.3) is 0 Å². The molecule has 24 heavy (non-hydrogen) atoms. The first-order chi connectivity index (χ1) is 11.5. The highest BCUT2D eigenvalue weighted by Gasteiger charge is 1.91. The summed E-state index contributed by atoms with van der Waals surface area (Å²) in [5.74, 6) is 1.67. The molecule has 0 bridgehead atoms. The highest BCUT2D eigenvalue weighted by molar-refractivity contribution is 5.79. The molecule has 2 aromatic rings. The molecule has 8 heteroatoms. The van der Waals surface area contributed by atoms with Gasteiger partial charge < -0.3 is 32.4 Å². The van der Waals surface area contributed by atoms with Gasteiger partial charge >= 0.3 is 0 Å². The Labute approximate surface area is 141 Å². The summed E-state index contributed by atoms with van der Waals surface area (Å²) < 4.78 is 9.88. The molecule has 8 N–H and O–H groups in total. The zero-order valence-corrected chi connectivity index (χ0v) is 13.6. The van der Waals surface area contributed by atoms with Crippen molar-refractivity contribution in [2.75, 3.05) is 20.0 Å².